The van der Waals surface area contributed by atoms with Crippen molar-refractivity contribution in [2.24, 2.45) is 11.8 Å². The van der Waals surface area contributed by atoms with Crippen LogP contribution >= 0.6 is 11.8 Å². The van der Waals surface area contributed by atoms with Crippen LogP contribution in [0.25, 0.3) is 0 Å². The van der Waals surface area contributed by atoms with E-state index in [2.05, 4.69) is 29.1 Å². The third kappa shape index (κ3) is 4.25. The molecule has 1 amide bonds. The van der Waals surface area contributed by atoms with Gasteiger partial charge >= 0.3 is 0 Å². The lowest BCUT2D eigenvalue weighted by molar-refractivity contribution is -0.121. The second kappa shape index (κ2) is 7.17. The number of hydrogen-bond donors (Lipinski definition) is 3. The van der Waals surface area contributed by atoms with E-state index in [4.69, 9.17) is 11.5 Å². The molecule has 0 radical (unpaired) electrons. The minimum absolute atomic E-state index is 0.0144. The fourth-order valence-corrected chi connectivity index (χ4v) is 3.62. The highest BCUT2D eigenvalue weighted by Gasteiger charge is 2.29. The number of hydrogen-bond acceptors (Lipinski definition) is 6. The quantitative estimate of drug-likeness (QED) is 0.578. The second-order valence-electron chi connectivity index (χ2n) is 6.14. The Morgan fingerprint density at radius 3 is 2.59 bits per heavy atom. The largest absolute Gasteiger partial charge is 0.383 e. The molecule has 0 bridgehead atoms. The van der Waals surface area contributed by atoms with Gasteiger partial charge in [0.1, 0.15) is 11.6 Å². The fraction of sp³-hybridized carbons (Fsp3) is 0.667. The molecule has 1 aliphatic rings. The van der Waals surface area contributed by atoms with E-state index in [9.17, 15) is 4.79 Å². The molecule has 0 aliphatic heterocycles. The third-order valence-corrected chi connectivity index (χ3v) is 5.39. The van der Waals surface area contributed by atoms with Crippen LogP contribution in [0, 0.1) is 11.8 Å². The van der Waals surface area contributed by atoms with Crippen molar-refractivity contribution < 1.29 is 4.79 Å². The first-order valence-corrected chi connectivity index (χ1v) is 8.62. The van der Waals surface area contributed by atoms with Crippen molar-refractivity contribution in [3.8, 4) is 0 Å². The van der Waals surface area contributed by atoms with Crippen LogP contribution in [0.5, 0.6) is 0 Å². The normalized spacial score (nSPS) is 26.4. The second-order valence-corrected chi connectivity index (χ2v) is 7.45. The number of amides is 1. The molecule has 22 heavy (non-hydrogen) atoms. The zero-order chi connectivity index (χ0) is 16.3. The molecular formula is C15H25N5OS. The molecule has 7 heteroatoms. The number of nitrogens with one attached hydrogen (secondary N) is 1. The van der Waals surface area contributed by atoms with Gasteiger partial charge in [0, 0.05) is 12.1 Å². The highest BCUT2D eigenvalue weighted by Crippen LogP contribution is 2.30. The maximum atomic E-state index is 12.4. The van der Waals surface area contributed by atoms with Crippen LogP contribution in [-0.2, 0) is 4.79 Å². The highest BCUT2D eigenvalue weighted by molar-refractivity contribution is 8.00. The van der Waals surface area contributed by atoms with Crippen molar-refractivity contribution >= 4 is 29.3 Å². The van der Waals surface area contributed by atoms with Crippen molar-refractivity contribution in [1.29, 1.82) is 0 Å². The number of rotatable bonds is 4. The summed E-state index contributed by atoms with van der Waals surface area (Å²) in [6, 6.07) is 1.76. The van der Waals surface area contributed by atoms with Gasteiger partial charge in [-0.3, -0.25) is 4.79 Å². The first-order chi connectivity index (χ1) is 10.4. The Bertz CT molecular complexity index is 518. The van der Waals surface area contributed by atoms with E-state index in [1.54, 1.807) is 0 Å². The van der Waals surface area contributed by atoms with Gasteiger partial charge in [-0.2, -0.15) is 0 Å². The van der Waals surface area contributed by atoms with E-state index in [-0.39, 0.29) is 17.2 Å². The van der Waals surface area contributed by atoms with Gasteiger partial charge in [0.05, 0.1) is 5.25 Å². The number of carbonyl (C=O) groups excluding carboxylic acids is 1. The van der Waals surface area contributed by atoms with Gasteiger partial charge in [-0.15, -0.1) is 0 Å². The third-order valence-electron chi connectivity index (χ3n) is 4.43. The number of thioether (sulfide) groups is 1. The zero-order valence-corrected chi connectivity index (χ0v) is 14.2. The lowest BCUT2D eigenvalue weighted by Crippen LogP contribution is -2.46. The summed E-state index contributed by atoms with van der Waals surface area (Å²) >= 11 is 1.28. The van der Waals surface area contributed by atoms with Gasteiger partial charge in [-0.25, -0.2) is 9.97 Å². The van der Waals surface area contributed by atoms with Crippen LogP contribution in [-0.4, -0.2) is 27.2 Å². The molecule has 0 saturated heterocycles. The van der Waals surface area contributed by atoms with Gasteiger partial charge in [-0.05, 0) is 25.2 Å². The van der Waals surface area contributed by atoms with Crippen LogP contribution in [0.4, 0.5) is 11.6 Å². The number of carbonyl (C=O) groups is 1. The standard InChI is InChI=1S/C15H25N5OS/c1-8-5-4-6-11(9(8)2)18-14(21)10(3)22-15-19-12(16)7-13(17)20-15/h7-11H,4-6H2,1-3H3,(H,18,21)(H4,16,17,19,20)/t8-,9+,10+,11-/m0/s1. The molecule has 2 rings (SSSR count). The molecule has 0 spiro atoms. The van der Waals surface area contributed by atoms with E-state index in [0.29, 0.717) is 28.6 Å². The smallest absolute Gasteiger partial charge is 0.233 e. The van der Waals surface area contributed by atoms with Crippen LogP contribution < -0.4 is 16.8 Å². The first kappa shape index (κ1) is 16.9. The van der Waals surface area contributed by atoms with Crippen molar-refractivity contribution in [3.63, 3.8) is 0 Å². The van der Waals surface area contributed by atoms with E-state index in [1.165, 1.54) is 30.7 Å². The Balaban J connectivity index is 1.94. The summed E-state index contributed by atoms with van der Waals surface area (Å²) in [4.78, 5) is 20.6. The predicted molar refractivity (Wildman–Crippen MR) is 90.3 cm³/mol. The molecule has 0 unspecified atom stereocenters. The summed E-state index contributed by atoms with van der Waals surface area (Å²) in [6.07, 6.45) is 3.47. The summed E-state index contributed by atoms with van der Waals surface area (Å²) in [5.41, 5.74) is 11.3. The molecule has 5 N–H and O–H groups in total. The molecule has 122 valence electrons. The summed E-state index contributed by atoms with van der Waals surface area (Å²) < 4.78 is 0. The Hall–Kier alpha value is -1.50. The van der Waals surface area contributed by atoms with Crippen molar-refractivity contribution in [2.75, 3.05) is 11.5 Å². The van der Waals surface area contributed by atoms with Crippen LogP contribution in [0.1, 0.15) is 40.0 Å². The molecule has 1 saturated carbocycles. The minimum atomic E-state index is -0.286. The van der Waals surface area contributed by atoms with Crippen molar-refractivity contribution in [2.45, 2.75) is 56.5 Å². The number of nitrogen functional groups attached to an aromatic ring is 2. The molecule has 0 aromatic carbocycles. The maximum Gasteiger partial charge on any atom is 0.233 e. The van der Waals surface area contributed by atoms with Crippen LogP contribution in [0.15, 0.2) is 11.2 Å². The van der Waals surface area contributed by atoms with Crippen molar-refractivity contribution in [1.82, 2.24) is 15.3 Å². The molecule has 1 aromatic heterocycles. The maximum absolute atomic E-state index is 12.4. The van der Waals surface area contributed by atoms with Gasteiger partial charge in [0.2, 0.25) is 5.91 Å². The predicted octanol–water partition coefficient (Wildman–Crippen LogP) is 2.06. The molecule has 1 heterocycles. The lowest BCUT2D eigenvalue weighted by atomic mass is 9.78. The first-order valence-electron chi connectivity index (χ1n) is 7.74. The van der Waals surface area contributed by atoms with Gasteiger partial charge in [0.25, 0.3) is 0 Å². The van der Waals surface area contributed by atoms with Crippen LogP contribution in [0.3, 0.4) is 0 Å². The SMILES string of the molecule is C[C@H]1[C@@H](NC(=O)[C@@H](C)Sc2nc(N)cc(N)n2)CCC[C@@H]1C. The Labute approximate surface area is 135 Å². The number of nitrogens with zero attached hydrogens (tertiary/aromatic N) is 2. The molecule has 1 aromatic rings. The number of nitrogens with two attached hydrogens (primary N) is 2. The number of aromatic nitrogens is 2. The Morgan fingerprint density at radius 2 is 1.95 bits per heavy atom. The van der Waals surface area contributed by atoms with Gasteiger partial charge in [-0.1, -0.05) is 38.5 Å². The van der Waals surface area contributed by atoms with Crippen molar-refractivity contribution in [3.05, 3.63) is 6.07 Å². The average molecular weight is 323 g/mol. The van der Waals surface area contributed by atoms with E-state index in [1.807, 2.05) is 6.92 Å². The molecule has 4 atom stereocenters. The molecule has 1 aliphatic carbocycles. The molecular weight excluding hydrogens is 298 g/mol. The lowest BCUT2D eigenvalue weighted by Gasteiger charge is -2.35. The number of anilines is 2. The zero-order valence-electron chi connectivity index (χ0n) is 13.4. The van der Waals surface area contributed by atoms with E-state index < -0.39 is 0 Å². The minimum Gasteiger partial charge on any atom is -0.383 e. The fourth-order valence-electron chi connectivity index (χ4n) is 2.81. The summed E-state index contributed by atoms with van der Waals surface area (Å²) in [6.45, 7) is 6.32. The Kier molecular flexibility index (Phi) is 5.50. The topological polar surface area (TPSA) is 107 Å². The van der Waals surface area contributed by atoms with E-state index >= 15 is 0 Å². The van der Waals surface area contributed by atoms with Gasteiger partial charge < -0.3 is 16.8 Å². The van der Waals surface area contributed by atoms with E-state index in [0.717, 1.165) is 6.42 Å². The molecule has 1 fully saturated rings. The van der Waals surface area contributed by atoms with Crippen LogP contribution in [0.2, 0.25) is 0 Å². The molecule has 6 nitrogen and oxygen atoms in total. The summed E-state index contributed by atoms with van der Waals surface area (Å²) in [5, 5.41) is 3.32. The summed E-state index contributed by atoms with van der Waals surface area (Å²) in [5.74, 6) is 1.81. The monoisotopic (exact) mass is 323 g/mol. The summed E-state index contributed by atoms with van der Waals surface area (Å²) in [7, 11) is 0. The average Bonchev–Trinajstić information content (AvgIpc) is 2.42. The Morgan fingerprint density at radius 1 is 1.32 bits per heavy atom. The highest BCUT2D eigenvalue weighted by atomic mass is 32.2. The van der Waals surface area contributed by atoms with Gasteiger partial charge in [0.15, 0.2) is 5.16 Å².